The first-order chi connectivity index (χ1) is 8.86. The highest BCUT2D eigenvalue weighted by molar-refractivity contribution is 5.93. The molecule has 0 radical (unpaired) electrons. The van der Waals surface area contributed by atoms with Gasteiger partial charge in [-0.3, -0.25) is 10.1 Å². The maximum absolute atomic E-state index is 11.0. The molecule has 0 saturated carbocycles. The third-order valence-electron chi connectivity index (χ3n) is 2.28. The van der Waals surface area contributed by atoms with Crippen LogP contribution in [0, 0.1) is 16.0 Å². The van der Waals surface area contributed by atoms with E-state index in [1.54, 1.807) is 0 Å². The molecule has 0 aliphatic heterocycles. The first kappa shape index (κ1) is 14.7. The Morgan fingerprint density at radius 3 is 2.47 bits per heavy atom. The van der Waals surface area contributed by atoms with E-state index < -0.39 is 22.1 Å². The van der Waals surface area contributed by atoms with E-state index in [4.69, 9.17) is 14.6 Å². The van der Waals surface area contributed by atoms with Gasteiger partial charge in [-0.05, 0) is 5.92 Å². The smallest absolute Gasteiger partial charge is 0.342 e. The molecule has 1 N–H and O–H groups in total. The number of ether oxygens (including phenoxy) is 2. The topological polar surface area (TPSA) is 98.9 Å². The molecule has 0 saturated heterocycles. The van der Waals surface area contributed by atoms with E-state index in [-0.39, 0.29) is 17.4 Å². The molecule has 0 bridgehead atoms. The molecule has 0 atom stereocenters. The molecule has 7 nitrogen and oxygen atoms in total. The number of aromatic carboxylic acids is 1. The molecule has 1 aromatic carbocycles. The normalized spacial score (nSPS) is 10.3. The SMILES string of the molecule is COc1cc(C(=O)O)c([N+](=O)[O-])cc1OCC(C)C. The van der Waals surface area contributed by atoms with Gasteiger partial charge in [0.25, 0.3) is 5.69 Å². The molecule has 0 unspecified atom stereocenters. The molecule has 1 aromatic rings. The summed E-state index contributed by atoms with van der Waals surface area (Å²) in [7, 11) is 1.34. The van der Waals surface area contributed by atoms with Crippen molar-refractivity contribution in [1.29, 1.82) is 0 Å². The van der Waals surface area contributed by atoms with Gasteiger partial charge in [0.1, 0.15) is 5.56 Å². The average Bonchev–Trinajstić information content (AvgIpc) is 2.34. The predicted molar refractivity (Wildman–Crippen MR) is 66.9 cm³/mol. The molecule has 104 valence electrons. The number of hydrogen-bond acceptors (Lipinski definition) is 5. The molecule has 0 aliphatic rings. The van der Waals surface area contributed by atoms with Gasteiger partial charge in [0, 0.05) is 6.07 Å². The minimum atomic E-state index is -1.39. The summed E-state index contributed by atoms with van der Waals surface area (Å²) in [6.45, 7) is 4.19. The van der Waals surface area contributed by atoms with Gasteiger partial charge < -0.3 is 14.6 Å². The van der Waals surface area contributed by atoms with E-state index in [1.807, 2.05) is 13.8 Å². The largest absolute Gasteiger partial charge is 0.493 e. The molecule has 19 heavy (non-hydrogen) atoms. The van der Waals surface area contributed by atoms with Gasteiger partial charge in [-0.1, -0.05) is 13.8 Å². The molecule has 0 heterocycles. The number of hydrogen-bond donors (Lipinski definition) is 1. The van der Waals surface area contributed by atoms with E-state index in [1.165, 1.54) is 7.11 Å². The number of carboxylic acid groups (broad SMARTS) is 1. The van der Waals surface area contributed by atoms with Crippen molar-refractivity contribution in [2.45, 2.75) is 13.8 Å². The predicted octanol–water partition coefficient (Wildman–Crippen LogP) is 2.34. The van der Waals surface area contributed by atoms with Gasteiger partial charge >= 0.3 is 5.97 Å². The van der Waals surface area contributed by atoms with Crippen LogP contribution in [0.1, 0.15) is 24.2 Å². The van der Waals surface area contributed by atoms with Crippen molar-refractivity contribution in [2.75, 3.05) is 13.7 Å². The summed E-state index contributed by atoms with van der Waals surface area (Å²) >= 11 is 0. The van der Waals surface area contributed by atoms with Crippen molar-refractivity contribution < 1.29 is 24.3 Å². The van der Waals surface area contributed by atoms with Crippen molar-refractivity contribution in [3.8, 4) is 11.5 Å². The van der Waals surface area contributed by atoms with Crippen molar-refractivity contribution >= 4 is 11.7 Å². The summed E-state index contributed by atoms with van der Waals surface area (Å²) in [5.41, 5.74) is -0.953. The Hall–Kier alpha value is -2.31. The third-order valence-corrected chi connectivity index (χ3v) is 2.28. The number of nitro groups is 1. The van der Waals surface area contributed by atoms with E-state index >= 15 is 0 Å². The summed E-state index contributed by atoms with van der Waals surface area (Å²) in [4.78, 5) is 21.1. The maximum atomic E-state index is 11.0. The van der Waals surface area contributed by atoms with Gasteiger partial charge in [-0.25, -0.2) is 4.79 Å². The lowest BCUT2D eigenvalue weighted by atomic mass is 10.1. The molecule has 0 amide bonds. The summed E-state index contributed by atoms with van der Waals surface area (Å²) in [6, 6.07) is 2.17. The van der Waals surface area contributed by atoms with Gasteiger partial charge in [0.15, 0.2) is 11.5 Å². The van der Waals surface area contributed by atoms with Crippen LogP contribution in [0.3, 0.4) is 0 Å². The highest BCUT2D eigenvalue weighted by atomic mass is 16.6. The Bertz CT molecular complexity index is 497. The van der Waals surface area contributed by atoms with Crippen LogP contribution in [-0.2, 0) is 0 Å². The number of rotatable bonds is 6. The quantitative estimate of drug-likeness (QED) is 0.628. The number of nitrogens with zero attached hydrogens (tertiary/aromatic N) is 1. The average molecular weight is 269 g/mol. The summed E-state index contributed by atoms with van der Waals surface area (Å²) in [6.07, 6.45) is 0. The summed E-state index contributed by atoms with van der Waals surface area (Å²) < 4.78 is 10.4. The third kappa shape index (κ3) is 3.57. The van der Waals surface area contributed by atoms with Crippen LogP contribution in [0.15, 0.2) is 12.1 Å². The minimum absolute atomic E-state index is 0.156. The van der Waals surface area contributed by atoms with Crippen LogP contribution in [0.5, 0.6) is 11.5 Å². The number of methoxy groups -OCH3 is 1. The highest BCUT2D eigenvalue weighted by Crippen LogP contribution is 2.34. The first-order valence-corrected chi connectivity index (χ1v) is 5.59. The van der Waals surface area contributed by atoms with Crippen LogP contribution in [-0.4, -0.2) is 29.7 Å². The van der Waals surface area contributed by atoms with Crippen LogP contribution in [0.4, 0.5) is 5.69 Å². The van der Waals surface area contributed by atoms with Crippen molar-refractivity contribution in [1.82, 2.24) is 0 Å². The van der Waals surface area contributed by atoms with Crippen molar-refractivity contribution in [2.24, 2.45) is 5.92 Å². The highest BCUT2D eigenvalue weighted by Gasteiger charge is 2.24. The van der Waals surface area contributed by atoms with Crippen LogP contribution >= 0.6 is 0 Å². The monoisotopic (exact) mass is 269 g/mol. The van der Waals surface area contributed by atoms with E-state index in [0.29, 0.717) is 6.61 Å². The van der Waals surface area contributed by atoms with E-state index in [9.17, 15) is 14.9 Å². The second-order valence-electron chi connectivity index (χ2n) is 4.29. The fourth-order valence-corrected chi connectivity index (χ4v) is 1.40. The fraction of sp³-hybridized carbons (Fsp3) is 0.417. The fourth-order valence-electron chi connectivity index (χ4n) is 1.40. The van der Waals surface area contributed by atoms with Gasteiger partial charge in [0.2, 0.25) is 0 Å². The Morgan fingerprint density at radius 1 is 1.42 bits per heavy atom. The number of nitro benzene ring substituents is 1. The lowest BCUT2D eigenvalue weighted by Crippen LogP contribution is -2.08. The van der Waals surface area contributed by atoms with E-state index in [2.05, 4.69) is 0 Å². The molecule has 1 rings (SSSR count). The Balaban J connectivity index is 3.27. The number of carboxylic acids is 1. The van der Waals surface area contributed by atoms with Crippen LogP contribution < -0.4 is 9.47 Å². The van der Waals surface area contributed by atoms with Gasteiger partial charge in [-0.2, -0.15) is 0 Å². The lowest BCUT2D eigenvalue weighted by Gasteiger charge is -2.13. The van der Waals surface area contributed by atoms with E-state index in [0.717, 1.165) is 12.1 Å². The zero-order valence-electron chi connectivity index (χ0n) is 10.9. The molecule has 0 aromatic heterocycles. The van der Waals surface area contributed by atoms with Crippen molar-refractivity contribution in [3.05, 3.63) is 27.8 Å². The Morgan fingerprint density at radius 2 is 2.05 bits per heavy atom. The Labute approximate surface area is 109 Å². The maximum Gasteiger partial charge on any atom is 0.342 e. The summed E-state index contributed by atoms with van der Waals surface area (Å²) in [5.74, 6) is -0.847. The first-order valence-electron chi connectivity index (χ1n) is 5.59. The van der Waals surface area contributed by atoms with Crippen molar-refractivity contribution in [3.63, 3.8) is 0 Å². The molecule has 0 spiro atoms. The molecule has 0 fully saturated rings. The van der Waals surface area contributed by atoms with Crippen LogP contribution in [0.25, 0.3) is 0 Å². The summed E-state index contributed by atoms with van der Waals surface area (Å²) in [5, 5.41) is 19.8. The Kier molecular flexibility index (Phi) is 4.68. The molecule has 0 aliphatic carbocycles. The molecular weight excluding hydrogens is 254 g/mol. The van der Waals surface area contributed by atoms with Gasteiger partial charge in [0.05, 0.1) is 24.7 Å². The molecule has 7 heteroatoms. The zero-order valence-corrected chi connectivity index (χ0v) is 10.9. The standard InChI is InChI=1S/C12H15NO6/c1-7(2)6-19-11-5-9(13(16)17)8(12(14)15)4-10(11)18-3/h4-5,7H,6H2,1-3H3,(H,14,15). The zero-order chi connectivity index (χ0) is 14.6. The number of carbonyl (C=O) groups is 1. The minimum Gasteiger partial charge on any atom is -0.493 e. The second kappa shape index (κ2) is 6.03. The van der Waals surface area contributed by atoms with Crippen LogP contribution in [0.2, 0.25) is 0 Å². The van der Waals surface area contributed by atoms with Gasteiger partial charge in [-0.15, -0.1) is 0 Å². The number of benzene rings is 1. The second-order valence-corrected chi connectivity index (χ2v) is 4.29. The molecular formula is C12H15NO6. The lowest BCUT2D eigenvalue weighted by molar-refractivity contribution is -0.385.